The maximum Gasteiger partial charge on any atom is 0.242 e. The number of hydrogen-bond acceptors (Lipinski definition) is 3. The minimum atomic E-state index is 0.00228. The van der Waals surface area contributed by atoms with E-state index in [1.165, 1.54) is 6.42 Å². The maximum absolute atomic E-state index is 11.9. The largest absolute Gasteiger partial charge is 0.378 e. The van der Waals surface area contributed by atoms with Gasteiger partial charge in [-0.1, -0.05) is 19.3 Å². The fraction of sp³-hybridized carbons (Fsp3) is 0.846. The van der Waals surface area contributed by atoms with E-state index in [-0.39, 0.29) is 24.3 Å². The number of nitrogens with zero attached hydrogens (tertiary/aromatic N) is 1. The first kappa shape index (κ1) is 13.3. The second kappa shape index (κ2) is 6.73. The van der Waals surface area contributed by atoms with Crippen molar-refractivity contribution in [2.75, 3.05) is 32.8 Å². The molecular formula is C13H22N2O3. The Morgan fingerprint density at radius 3 is 2.44 bits per heavy atom. The normalized spacial score (nSPS) is 21.7. The van der Waals surface area contributed by atoms with Crippen LogP contribution in [0, 0.1) is 5.92 Å². The van der Waals surface area contributed by atoms with Gasteiger partial charge < -0.3 is 15.0 Å². The first-order valence-electron chi connectivity index (χ1n) is 6.90. The summed E-state index contributed by atoms with van der Waals surface area (Å²) >= 11 is 0. The molecule has 0 unspecified atom stereocenters. The van der Waals surface area contributed by atoms with Crippen molar-refractivity contribution < 1.29 is 14.3 Å². The summed E-state index contributed by atoms with van der Waals surface area (Å²) in [6, 6.07) is 0. The number of hydrogen-bond donors (Lipinski definition) is 1. The van der Waals surface area contributed by atoms with Gasteiger partial charge in [0.2, 0.25) is 11.8 Å². The predicted octanol–water partition coefficient (Wildman–Crippen LogP) is 0.542. The zero-order chi connectivity index (χ0) is 12.8. The Hall–Kier alpha value is -1.10. The lowest BCUT2D eigenvalue weighted by Gasteiger charge is -2.27. The van der Waals surface area contributed by atoms with Gasteiger partial charge in [-0.15, -0.1) is 0 Å². The van der Waals surface area contributed by atoms with Crippen molar-refractivity contribution >= 4 is 11.8 Å². The third kappa shape index (κ3) is 3.70. The van der Waals surface area contributed by atoms with Gasteiger partial charge in [0.05, 0.1) is 19.8 Å². The molecule has 102 valence electrons. The van der Waals surface area contributed by atoms with Crippen LogP contribution in [-0.2, 0) is 14.3 Å². The Balaban J connectivity index is 1.69. The molecule has 0 spiro atoms. The summed E-state index contributed by atoms with van der Waals surface area (Å²) in [5, 5.41) is 2.78. The number of carbonyl (C=O) groups excluding carboxylic acids is 2. The van der Waals surface area contributed by atoms with Crippen LogP contribution >= 0.6 is 0 Å². The predicted molar refractivity (Wildman–Crippen MR) is 67.0 cm³/mol. The van der Waals surface area contributed by atoms with Crippen LogP contribution in [0.3, 0.4) is 0 Å². The molecule has 1 aliphatic carbocycles. The molecule has 2 aliphatic rings. The molecule has 0 aromatic carbocycles. The van der Waals surface area contributed by atoms with Crippen LogP contribution in [0.2, 0.25) is 0 Å². The van der Waals surface area contributed by atoms with Crippen molar-refractivity contribution in [2.24, 2.45) is 5.92 Å². The van der Waals surface area contributed by atoms with Crippen molar-refractivity contribution in [3.05, 3.63) is 0 Å². The van der Waals surface area contributed by atoms with Crippen molar-refractivity contribution in [3.63, 3.8) is 0 Å². The summed E-state index contributed by atoms with van der Waals surface area (Å²) in [4.78, 5) is 25.5. The molecule has 18 heavy (non-hydrogen) atoms. The van der Waals surface area contributed by atoms with E-state index >= 15 is 0 Å². The number of amides is 2. The fourth-order valence-electron chi connectivity index (χ4n) is 2.60. The van der Waals surface area contributed by atoms with Crippen LogP contribution in [0.15, 0.2) is 0 Å². The monoisotopic (exact) mass is 254 g/mol. The van der Waals surface area contributed by atoms with Gasteiger partial charge in [-0.25, -0.2) is 0 Å². The minimum absolute atomic E-state index is 0.00228. The third-order valence-corrected chi connectivity index (χ3v) is 3.75. The van der Waals surface area contributed by atoms with E-state index in [1.807, 2.05) is 0 Å². The van der Waals surface area contributed by atoms with Gasteiger partial charge in [-0.2, -0.15) is 0 Å². The highest BCUT2D eigenvalue weighted by Gasteiger charge is 2.22. The molecule has 2 rings (SSSR count). The van der Waals surface area contributed by atoms with E-state index in [1.54, 1.807) is 4.90 Å². The standard InChI is InChI=1S/C13H22N2O3/c16-12(15-6-8-18-9-7-15)10-14-13(17)11-4-2-1-3-5-11/h11H,1-10H2,(H,14,17). The summed E-state index contributed by atoms with van der Waals surface area (Å²) in [6.45, 7) is 2.61. The van der Waals surface area contributed by atoms with E-state index in [4.69, 9.17) is 4.74 Å². The number of ether oxygens (including phenoxy) is 1. The van der Waals surface area contributed by atoms with Gasteiger partial charge in [-0.3, -0.25) is 9.59 Å². The zero-order valence-electron chi connectivity index (χ0n) is 10.8. The summed E-state index contributed by atoms with van der Waals surface area (Å²) < 4.78 is 5.19. The number of morpholine rings is 1. The van der Waals surface area contributed by atoms with Gasteiger partial charge in [0.15, 0.2) is 0 Å². The van der Waals surface area contributed by atoms with E-state index in [2.05, 4.69) is 5.32 Å². The summed E-state index contributed by atoms with van der Waals surface area (Å²) in [6.07, 6.45) is 5.44. The SMILES string of the molecule is O=C(NCC(=O)N1CCOCC1)C1CCCCC1. The fourth-order valence-corrected chi connectivity index (χ4v) is 2.60. The molecule has 0 aromatic rings. The van der Waals surface area contributed by atoms with Gasteiger partial charge in [-0.05, 0) is 12.8 Å². The van der Waals surface area contributed by atoms with Crippen LogP contribution in [0.1, 0.15) is 32.1 Å². The Bertz CT molecular complexity index is 265. The number of rotatable bonds is 3. The highest BCUT2D eigenvalue weighted by molar-refractivity contribution is 5.85. The van der Waals surface area contributed by atoms with Gasteiger partial charge in [0, 0.05) is 19.0 Å². The number of nitrogens with one attached hydrogen (secondary N) is 1. The van der Waals surface area contributed by atoms with E-state index in [9.17, 15) is 9.59 Å². The van der Waals surface area contributed by atoms with Crippen molar-refractivity contribution in [3.8, 4) is 0 Å². The molecular weight excluding hydrogens is 232 g/mol. The molecule has 1 saturated carbocycles. The van der Waals surface area contributed by atoms with Crippen molar-refractivity contribution in [1.82, 2.24) is 10.2 Å². The first-order valence-corrected chi connectivity index (χ1v) is 6.90. The molecule has 0 aromatic heterocycles. The van der Waals surface area contributed by atoms with Gasteiger partial charge in [0.1, 0.15) is 0 Å². The molecule has 2 fully saturated rings. The third-order valence-electron chi connectivity index (χ3n) is 3.75. The second-order valence-corrected chi connectivity index (χ2v) is 5.05. The Morgan fingerprint density at radius 2 is 1.78 bits per heavy atom. The van der Waals surface area contributed by atoms with Crippen LogP contribution in [-0.4, -0.2) is 49.6 Å². The molecule has 0 radical (unpaired) electrons. The quantitative estimate of drug-likeness (QED) is 0.800. The highest BCUT2D eigenvalue weighted by Crippen LogP contribution is 2.23. The minimum Gasteiger partial charge on any atom is -0.378 e. The van der Waals surface area contributed by atoms with Crippen LogP contribution in [0.4, 0.5) is 0 Å². The lowest BCUT2D eigenvalue weighted by Crippen LogP contribution is -2.46. The summed E-state index contributed by atoms with van der Waals surface area (Å²) in [5.41, 5.74) is 0. The molecule has 5 nitrogen and oxygen atoms in total. The topological polar surface area (TPSA) is 58.6 Å². The van der Waals surface area contributed by atoms with Crippen LogP contribution < -0.4 is 5.32 Å². The average molecular weight is 254 g/mol. The molecule has 1 saturated heterocycles. The summed E-state index contributed by atoms with van der Waals surface area (Å²) in [7, 11) is 0. The number of carbonyl (C=O) groups is 2. The first-order chi connectivity index (χ1) is 8.77. The summed E-state index contributed by atoms with van der Waals surface area (Å²) in [5.74, 6) is 0.176. The molecule has 0 atom stereocenters. The maximum atomic E-state index is 11.9. The zero-order valence-corrected chi connectivity index (χ0v) is 10.8. The van der Waals surface area contributed by atoms with Gasteiger partial charge >= 0.3 is 0 Å². The molecule has 5 heteroatoms. The van der Waals surface area contributed by atoms with Crippen LogP contribution in [0.5, 0.6) is 0 Å². The van der Waals surface area contributed by atoms with E-state index in [0.717, 1.165) is 25.7 Å². The Morgan fingerprint density at radius 1 is 1.11 bits per heavy atom. The molecule has 2 amide bonds. The van der Waals surface area contributed by atoms with Gasteiger partial charge in [0.25, 0.3) is 0 Å². The molecule has 1 aliphatic heterocycles. The smallest absolute Gasteiger partial charge is 0.242 e. The second-order valence-electron chi connectivity index (χ2n) is 5.05. The molecule has 1 heterocycles. The highest BCUT2D eigenvalue weighted by atomic mass is 16.5. The van der Waals surface area contributed by atoms with E-state index < -0.39 is 0 Å². The lowest BCUT2D eigenvalue weighted by atomic mass is 9.89. The van der Waals surface area contributed by atoms with Crippen molar-refractivity contribution in [1.29, 1.82) is 0 Å². The molecule has 1 N–H and O–H groups in total. The van der Waals surface area contributed by atoms with Crippen LogP contribution in [0.25, 0.3) is 0 Å². The average Bonchev–Trinajstić information content (AvgIpc) is 2.46. The molecule has 0 bridgehead atoms. The Labute approximate surface area is 108 Å². The van der Waals surface area contributed by atoms with Crippen molar-refractivity contribution in [2.45, 2.75) is 32.1 Å². The van der Waals surface area contributed by atoms with E-state index in [0.29, 0.717) is 26.3 Å². The lowest BCUT2D eigenvalue weighted by molar-refractivity contribution is -0.137. The Kier molecular flexibility index (Phi) is 4.99.